The van der Waals surface area contributed by atoms with Gasteiger partial charge in [0.1, 0.15) is 0 Å². The molecule has 0 aliphatic rings. The van der Waals surface area contributed by atoms with Crippen molar-refractivity contribution >= 4 is 17.3 Å². The fourth-order valence-corrected chi connectivity index (χ4v) is 3.10. The number of rotatable bonds is 5. The molecule has 0 fully saturated rings. The van der Waals surface area contributed by atoms with Gasteiger partial charge in [0.15, 0.2) is 5.82 Å². The summed E-state index contributed by atoms with van der Waals surface area (Å²) in [7, 11) is 0. The number of nitrogens with zero attached hydrogens (tertiary/aromatic N) is 4. The minimum atomic E-state index is -0.425. The van der Waals surface area contributed by atoms with E-state index in [1.165, 1.54) is 0 Å². The number of hydrogen-bond acceptors (Lipinski definition) is 4. The van der Waals surface area contributed by atoms with Gasteiger partial charge in [0, 0.05) is 10.7 Å². The van der Waals surface area contributed by atoms with Crippen molar-refractivity contribution in [2.75, 3.05) is 5.32 Å². The Bertz CT molecular complexity index is 852. The topological polar surface area (TPSA) is 55.6 Å². The van der Waals surface area contributed by atoms with Crippen LogP contribution in [-0.2, 0) is 5.54 Å². The molecule has 1 heterocycles. The highest BCUT2D eigenvalue weighted by molar-refractivity contribution is 6.30. The number of aryl methyl sites for hydroxylation is 2. The third kappa shape index (κ3) is 3.37. The Morgan fingerprint density at radius 3 is 2.32 bits per heavy atom. The molecular weight excluding hydrogens is 334 g/mol. The van der Waals surface area contributed by atoms with Crippen LogP contribution >= 0.6 is 11.6 Å². The SMILES string of the molecule is CC[C@](C)(Nc1ccc(Cl)cc1)c1nnnn1-c1c(C)cccc1C. The molecule has 0 radical (unpaired) electrons. The molecule has 0 aliphatic heterocycles. The summed E-state index contributed by atoms with van der Waals surface area (Å²) in [5.74, 6) is 0.780. The minimum Gasteiger partial charge on any atom is -0.373 e. The lowest BCUT2D eigenvalue weighted by Gasteiger charge is -2.30. The maximum absolute atomic E-state index is 5.99. The van der Waals surface area contributed by atoms with Crippen molar-refractivity contribution in [2.24, 2.45) is 0 Å². The maximum Gasteiger partial charge on any atom is 0.181 e. The first-order valence-corrected chi connectivity index (χ1v) is 8.71. The number of hydrogen-bond donors (Lipinski definition) is 1. The number of halogens is 1. The standard InChI is InChI=1S/C19H22ClN5/c1-5-19(4,21-16-11-9-15(20)10-12-16)18-22-23-24-25(18)17-13(2)7-6-8-14(17)3/h6-12,21H,5H2,1-4H3/t19-/m0/s1. The quantitative estimate of drug-likeness (QED) is 0.722. The van der Waals surface area contributed by atoms with Gasteiger partial charge < -0.3 is 5.32 Å². The maximum atomic E-state index is 5.99. The molecule has 0 amide bonds. The van der Waals surface area contributed by atoms with Gasteiger partial charge in [-0.1, -0.05) is 36.7 Å². The summed E-state index contributed by atoms with van der Waals surface area (Å²) >= 11 is 5.99. The van der Waals surface area contributed by atoms with Gasteiger partial charge in [-0.2, -0.15) is 4.68 Å². The lowest BCUT2D eigenvalue weighted by molar-refractivity contribution is 0.474. The van der Waals surface area contributed by atoms with Gasteiger partial charge in [-0.25, -0.2) is 0 Å². The van der Waals surface area contributed by atoms with E-state index in [0.717, 1.165) is 34.7 Å². The molecular formula is C19H22ClN5. The summed E-state index contributed by atoms with van der Waals surface area (Å²) in [6, 6.07) is 13.9. The van der Waals surface area contributed by atoms with Crippen molar-refractivity contribution in [1.82, 2.24) is 20.2 Å². The average Bonchev–Trinajstić information content (AvgIpc) is 3.07. The van der Waals surface area contributed by atoms with E-state index in [1.807, 2.05) is 35.0 Å². The zero-order chi connectivity index (χ0) is 18.0. The summed E-state index contributed by atoms with van der Waals surface area (Å²) in [6.45, 7) is 8.37. The van der Waals surface area contributed by atoms with Crippen molar-refractivity contribution in [3.63, 3.8) is 0 Å². The number of benzene rings is 2. The van der Waals surface area contributed by atoms with E-state index in [0.29, 0.717) is 5.02 Å². The molecule has 6 heteroatoms. The molecule has 0 saturated carbocycles. The first kappa shape index (κ1) is 17.4. The van der Waals surface area contributed by atoms with Gasteiger partial charge in [0.2, 0.25) is 0 Å². The Kier molecular flexibility index (Phi) is 4.77. The lowest BCUT2D eigenvalue weighted by Crippen LogP contribution is -2.34. The van der Waals surface area contributed by atoms with Crippen LogP contribution in [0.25, 0.3) is 5.69 Å². The van der Waals surface area contributed by atoms with Crippen LogP contribution in [0.4, 0.5) is 5.69 Å². The number of tetrazole rings is 1. The Labute approximate surface area is 153 Å². The van der Waals surface area contributed by atoms with Crippen LogP contribution in [-0.4, -0.2) is 20.2 Å². The summed E-state index contributed by atoms with van der Waals surface area (Å²) in [5, 5.41) is 16.8. The second kappa shape index (κ2) is 6.84. The summed E-state index contributed by atoms with van der Waals surface area (Å²) in [5.41, 5.74) is 3.85. The lowest BCUT2D eigenvalue weighted by atomic mass is 9.96. The number of anilines is 1. The molecule has 1 N–H and O–H groups in total. The molecule has 2 aromatic carbocycles. The van der Waals surface area contributed by atoms with Crippen LogP contribution in [0, 0.1) is 13.8 Å². The highest BCUT2D eigenvalue weighted by Crippen LogP contribution is 2.30. The largest absolute Gasteiger partial charge is 0.373 e. The molecule has 3 rings (SSSR count). The second-order valence-electron chi connectivity index (χ2n) is 6.47. The fourth-order valence-electron chi connectivity index (χ4n) is 2.98. The van der Waals surface area contributed by atoms with Crippen LogP contribution in [0.1, 0.15) is 37.2 Å². The Balaban J connectivity index is 2.05. The van der Waals surface area contributed by atoms with Gasteiger partial charge in [-0.05, 0) is 73.0 Å². The molecule has 25 heavy (non-hydrogen) atoms. The monoisotopic (exact) mass is 355 g/mol. The molecule has 0 unspecified atom stereocenters. The summed E-state index contributed by atoms with van der Waals surface area (Å²) < 4.78 is 1.84. The third-order valence-corrected chi connectivity index (χ3v) is 4.84. The zero-order valence-electron chi connectivity index (χ0n) is 14.9. The van der Waals surface area contributed by atoms with Crippen LogP contribution < -0.4 is 5.32 Å². The first-order chi connectivity index (χ1) is 11.9. The van der Waals surface area contributed by atoms with Gasteiger partial charge in [0.25, 0.3) is 0 Å². The van der Waals surface area contributed by atoms with E-state index in [9.17, 15) is 0 Å². The van der Waals surface area contributed by atoms with Crippen molar-refractivity contribution in [1.29, 1.82) is 0 Å². The van der Waals surface area contributed by atoms with Crippen LogP contribution in [0.2, 0.25) is 5.02 Å². The van der Waals surface area contributed by atoms with Gasteiger partial charge in [-0.15, -0.1) is 5.10 Å². The highest BCUT2D eigenvalue weighted by atomic mass is 35.5. The number of nitrogens with one attached hydrogen (secondary N) is 1. The molecule has 130 valence electrons. The van der Waals surface area contributed by atoms with Crippen molar-refractivity contribution < 1.29 is 0 Å². The molecule has 3 aromatic rings. The van der Waals surface area contributed by atoms with E-state index in [4.69, 9.17) is 11.6 Å². The molecule has 0 spiro atoms. The minimum absolute atomic E-state index is 0.425. The van der Waals surface area contributed by atoms with Crippen molar-refractivity contribution in [3.8, 4) is 5.69 Å². The average molecular weight is 356 g/mol. The highest BCUT2D eigenvalue weighted by Gasteiger charge is 2.32. The van der Waals surface area contributed by atoms with E-state index in [1.54, 1.807) is 0 Å². The molecule has 0 aliphatic carbocycles. The van der Waals surface area contributed by atoms with E-state index in [2.05, 4.69) is 60.7 Å². The second-order valence-corrected chi connectivity index (χ2v) is 6.91. The van der Waals surface area contributed by atoms with Gasteiger partial charge in [-0.3, -0.25) is 0 Å². The van der Waals surface area contributed by atoms with Crippen LogP contribution in [0.3, 0.4) is 0 Å². The normalized spacial score (nSPS) is 13.5. The Morgan fingerprint density at radius 2 is 1.72 bits per heavy atom. The van der Waals surface area contributed by atoms with Gasteiger partial charge in [0.05, 0.1) is 11.2 Å². The molecule has 1 aromatic heterocycles. The van der Waals surface area contributed by atoms with Crippen LogP contribution in [0.5, 0.6) is 0 Å². The smallest absolute Gasteiger partial charge is 0.181 e. The van der Waals surface area contributed by atoms with E-state index >= 15 is 0 Å². The zero-order valence-corrected chi connectivity index (χ0v) is 15.7. The molecule has 0 saturated heterocycles. The predicted molar refractivity (Wildman–Crippen MR) is 101 cm³/mol. The van der Waals surface area contributed by atoms with Crippen LogP contribution in [0.15, 0.2) is 42.5 Å². The van der Waals surface area contributed by atoms with E-state index in [-0.39, 0.29) is 0 Å². The van der Waals surface area contributed by atoms with Crippen molar-refractivity contribution in [2.45, 2.75) is 39.7 Å². The Morgan fingerprint density at radius 1 is 1.08 bits per heavy atom. The summed E-state index contributed by atoms with van der Waals surface area (Å²) in [4.78, 5) is 0. The first-order valence-electron chi connectivity index (χ1n) is 8.34. The summed E-state index contributed by atoms with van der Waals surface area (Å²) in [6.07, 6.45) is 0.820. The third-order valence-electron chi connectivity index (χ3n) is 4.59. The number of para-hydroxylation sites is 1. The predicted octanol–water partition coefficient (Wildman–Crippen LogP) is 4.67. The Hall–Kier alpha value is -2.40. The van der Waals surface area contributed by atoms with Crippen molar-refractivity contribution in [3.05, 3.63) is 64.4 Å². The molecule has 5 nitrogen and oxygen atoms in total. The molecule has 0 bridgehead atoms. The fraction of sp³-hybridized carbons (Fsp3) is 0.316. The van der Waals surface area contributed by atoms with Gasteiger partial charge >= 0.3 is 0 Å². The molecule has 1 atom stereocenters. The van der Waals surface area contributed by atoms with E-state index < -0.39 is 5.54 Å². The number of aromatic nitrogens is 4.